The molecule has 5 aromatic rings. The van der Waals surface area contributed by atoms with Crippen molar-refractivity contribution >= 4 is 57.5 Å². The summed E-state index contributed by atoms with van der Waals surface area (Å²) < 4.78 is 1.93. The van der Waals surface area contributed by atoms with Crippen LogP contribution in [-0.4, -0.2) is 36.8 Å². The first-order valence-corrected chi connectivity index (χ1v) is 12.8. The Morgan fingerprint density at radius 2 is 1.62 bits per heavy atom. The van der Waals surface area contributed by atoms with Crippen LogP contribution in [0.5, 0.6) is 0 Å². The quantitative estimate of drug-likeness (QED) is 0.219. The van der Waals surface area contributed by atoms with Crippen molar-refractivity contribution in [1.29, 1.82) is 0 Å². The molecule has 0 spiro atoms. The second kappa shape index (κ2) is 10.5. The zero-order valence-corrected chi connectivity index (χ0v) is 21.6. The summed E-state index contributed by atoms with van der Waals surface area (Å²) in [5, 5.41) is 16.3. The van der Waals surface area contributed by atoms with Crippen molar-refractivity contribution in [1.82, 2.24) is 19.7 Å². The van der Waals surface area contributed by atoms with Crippen LogP contribution in [0.2, 0.25) is 5.02 Å². The molecule has 186 valence electrons. The van der Waals surface area contributed by atoms with Crippen LogP contribution < -0.4 is 10.6 Å². The fraction of sp³-hybridized carbons (Fsp3) is 0.111. The van der Waals surface area contributed by atoms with Gasteiger partial charge < -0.3 is 15.6 Å². The summed E-state index contributed by atoms with van der Waals surface area (Å²) in [6.45, 7) is 3.26. The van der Waals surface area contributed by atoms with E-state index in [4.69, 9.17) is 11.6 Å². The van der Waals surface area contributed by atoms with E-state index >= 15 is 0 Å². The predicted molar refractivity (Wildman–Crippen MR) is 148 cm³/mol. The molecule has 3 N–H and O–H groups in total. The number of benzene rings is 3. The highest BCUT2D eigenvalue weighted by molar-refractivity contribution is 8.00. The molecule has 10 heteroatoms. The molecule has 0 aliphatic rings. The highest BCUT2D eigenvalue weighted by Gasteiger charge is 2.23. The first-order valence-electron chi connectivity index (χ1n) is 11.5. The number of rotatable bonds is 7. The standard InChI is InChI=1S/C27H23ClN6O2S/c1-16(26(36)31-20-11-9-19(10-12-20)30-17(2)35)37-27-33-32-25(34(27)21-13-7-18(28)8-14-21)23-15-29-24-6-4-3-5-22(23)24/h3-16,29H,1-2H3,(H,30,35)(H,31,36)/t16-/m0/s1. The average molecular weight is 531 g/mol. The van der Waals surface area contributed by atoms with E-state index in [1.807, 2.05) is 66.2 Å². The Labute approximate surface area is 222 Å². The van der Waals surface area contributed by atoms with E-state index in [2.05, 4.69) is 25.8 Å². The van der Waals surface area contributed by atoms with Crippen molar-refractivity contribution in [3.63, 3.8) is 0 Å². The Morgan fingerprint density at radius 1 is 0.946 bits per heavy atom. The lowest BCUT2D eigenvalue weighted by molar-refractivity contribution is -0.115. The fourth-order valence-corrected chi connectivity index (χ4v) is 4.89. The van der Waals surface area contributed by atoms with Crippen molar-refractivity contribution in [3.8, 4) is 17.1 Å². The number of aromatic nitrogens is 4. The number of amides is 2. The Kier molecular flexibility index (Phi) is 6.98. The Balaban J connectivity index is 1.43. The van der Waals surface area contributed by atoms with Gasteiger partial charge in [0.2, 0.25) is 11.8 Å². The van der Waals surface area contributed by atoms with Gasteiger partial charge in [0.15, 0.2) is 11.0 Å². The SMILES string of the molecule is CC(=O)Nc1ccc(NC(=O)[C@H](C)Sc2nnc(-c3c[nH]c4ccccc34)n2-c2ccc(Cl)cc2)cc1. The van der Waals surface area contributed by atoms with Gasteiger partial charge in [0.25, 0.3) is 0 Å². The zero-order valence-electron chi connectivity index (χ0n) is 20.0. The van der Waals surface area contributed by atoms with Gasteiger partial charge in [-0.1, -0.05) is 41.6 Å². The molecule has 8 nitrogen and oxygen atoms in total. The number of carbonyl (C=O) groups is 2. The third-order valence-electron chi connectivity index (χ3n) is 5.67. The van der Waals surface area contributed by atoms with Crippen LogP contribution in [0.15, 0.2) is 84.1 Å². The summed E-state index contributed by atoms with van der Waals surface area (Å²) >= 11 is 7.45. The molecule has 0 radical (unpaired) electrons. The van der Waals surface area contributed by atoms with Crippen molar-refractivity contribution in [2.75, 3.05) is 10.6 Å². The van der Waals surface area contributed by atoms with Gasteiger partial charge in [-0.25, -0.2) is 0 Å². The van der Waals surface area contributed by atoms with Gasteiger partial charge in [0, 0.05) is 51.7 Å². The number of hydrogen-bond donors (Lipinski definition) is 3. The van der Waals surface area contributed by atoms with Gasteiger partial charge in [0.05, 0.1) is 5.25 Å². The number of carbonyl (C=O) groups excluding carboxylic acids is 2. The van der Waals surface area contributed by atoms with Gasteiger partial charge in [0.1, 0.15) is 0 Å². The first kappa shape index (κ1) is 24.6. The lowest BCUT2D eigenvalue weighted by atomic mass is 10.1. The van der Waals surface area contributed by atoms with Crippen molar-refractivity contribution in [2.24, 2.45) is 0 Å². The maximum absolute atomic E-state index is 13.0. The number of aromatic amines is 1. The summed E-state index contributed by atoms with van der Waals surface area (Å²) in [6, 6.07) is 22.4. The van der Waals surface area contributed by atoms with Crippen molar-refractivity contribution in [3.05, 3.63) is 84.0 Å². The van der Waals surface area contributed by atoms with Crippen LogP contribution in [0, 0.1) is 0 Å². The Bertz CT molecular complexity index is 1580. The van der Waals surface area contributed by atoms with E-state index in [0.717, 1.165) is 22.2 Å². The van der Waals surface area contributed by atoms with Crippen LogP contribution in [-0.2, 0) is 9.59 Å². The van der Waals surface area contributed by atoms with Gasteiger partial charge >= 0.3 is 0 Å². The molecule has 2 heterocycles. The van der Waals surface area contributed by atoms with Gasteiger partial charge in [-0.15, -0.1) is 10.2 Å². The summed E-state index contributed by atoms with van der Waals surface area (Å²) in [5.41, 5.74) is 4.02. The molecule has 2 amide bonds. The predicted octanol–water partition coefficient (Wildman–Crippen LogP) is 6.15. The molecular weight excluding hydrogens is 508 g/mol. The lowest BCUT2D eigenvalue weighted by Gasteiger charge is -2.14. The molecule has 0 aliphatic carbocycles. The second-order valence-corrected chi connectivity index (χ2v) is 10.1. The maximum atomic E-state index is 13.0. The summed E-state index contributed by atoms with van der Waals surface area (Å²) in [7, 11) is 0. The normalized spacial score (nSPS) is 11.9. The highest BCUT2D eigenvalue weighted by Crippen LogP contribution is 2.34. The second-order valence-electron chi connectivity index (χ2n) is 8.37. The monoisotopic (exact) mass is 530 g/mol. The number of halogens is 1. The Hall–Kier alpha value is -4.08. The summed E-state index contributed by atoms with van der Waals surface area (Å²) in [6.07, 6.45) is 1.91. The molecule has 3 aromatic carbocycles. The molecule has 0 bridgehead atoms. The average Bonchev–Trinajstić information content (AvgIpc) is 3.49. The molecular formula is C27H23ClN6O2S. The lowest BCUT2D eigenvalue weighted by Crippen LogP contribution is -2.23. The molecule has 1 atom stereocenters. The van der Waals surface area contributed by atoms with E-state index in [1.54, 1.807) is 24.3 Å². The van der Waals surface area contributed by atoms with E-state index in [-0.39, 0.29) is 11.8 Å². The number of anilines is 2. The number of hydrogen-bond acceptors (Lipinski definition) is 5. The van der Waals surface area contributed by atoms with E-state index in [0.29, 0.717) is 27.4 Å². The fourth-order valence-electron chi connectivity index (χ4n) is 3.90. The molecule has 0 unspecified atom stereocenters. The number of nitrogens with one attached hydrogen (secondary N) is 3. The van der Waals surface area contributed by atoms with Crippen LogP contribution in [0.1, 0.15) is 13.8 Å². The molecule has 0 saturated carbocycles. The number of fused-ring (bicyclic) bond motifs is 1. The molecule has 2 aromatic heterocycles. The van der Waals surface area contributed by atoms with E-state index in [9.17, 15) is 9.59 Å². The minimum Gasteiger partial charge on any atom is -0.360 e. The summed E-state index contributed by atoms with van der Waals surface area (Å²) in [4.78, 5) is 27.5. The zero-order chi connectivity index (χ0) is 25.9. The van der Waals surface area contributed by atoms with Gasteiger partial charge in [-0.3, -0.25) is 14.2 Å². The van der Waals surface area contributed by atoms with Crippen molar-refractivity contribution in [2.45, 2.75) is 24.3 Å². The first-order chi connectivity index (χ1) is 17.9. The van der Waals surface area contributed by atoms with Gasteiger partial charge in [-0.2, -0.15) is 0 Å². The number of nitrogens with zero attached hydrogens (tertiary/aromatic N) is 3. The molecule has 0 aliphatic heterocycles. The number of H-pyrrole nitrogens is 1. The third-order valence-corrected chi connectivity index (χ3v) is 6.97. The summed E-state index contributed by atoms with van der Waals surface area (Å²) in [5.74, 6) is 0.318. The smallest absolute Gasteiger partial charge is 0.237 e. The van der Waals surface area contributed by atoms with Crippen LogP contribution in [0.25, 0.3) is 28.0 Å². The van der Waals surface area contributed by atoms with Crippen LogP contribution in [0.4, 0.5) is 11.4 Å². The molecule has 0 saturated heterocycles. The third kappa shape index (κ3) is 5.37. The van der Waals surface area contributed by atoms with E-state index in [1.165, 1.54) is 18.7 Å². The van der Waals surface area contributed by atoms with Crippen molar-refractivity contribution < 1.29 is 9.59 Å². The highest BCUT2D eigenvalue weighted by atomic mass is 35.5. The molecule has 5 rings (SSSR count). The van der Waals surface area contributed by atoms with E-state index < -0.39 is 5.25 Å². The topological polar surface area (TPSA) is 105 Å². The minimum atomic E-state index is -0.471. The van der Waals surface area contributed by atoms with Crippen LogP contribution >= 0.6 is 23.4 Å². The molecule has 37 heavy (non-hydrogen) atoms. The minimum absolute atomic E-state index is 0.154. The number of thioether (sulfide) groups is 1. The Morgan fingerprint density at radius 3 is 2.32 bits per heavy atom. The van der Waals surface area contributed by atoms with Crippen LogP contribution in [0.3, 0.4) is 0 Å². The molecule has 0 fully saturated rings. The van der Waals surface area contributed by atoms with Gasteiger partial charge in [-0.05, 0) is 61.5 Å². The number of para-hydroxylation sites is 1. The largest absolute Gasteiger partial charge is 0.360 e. The maximum Gasteiger partial charge on any atom is 0.237 e.